The summed E-state index contributed by atoms with van der Waals surface area (Å²) in [5.41, 5.74) is 0.513. The van der Waals surface area contributed by atoms with Crippen molar-refractivity contribution in [1.29, 1.82) is 0 Å². The van der Waals surface area contributed by atoms with Gasteiger partial charge in [0.15, 0.2) is 0 Å². The number of carboxylic acids is 1. The molecule has 2 rings (SSSR count). The van der Waals surface area contributed by atoms with Gasteiger partial charge in [0.1, 0.15) is 0 Å². The van der Waals surface area contributed by atoms with Crippen molar-refractivity contribution in [2.45, 2.75) is 26.2 Å². The molecule has 0 bridgehead atoms. The summed E-state index contributed by atoms with van der Waals surface area (Å²) in [4.78, 5) is 35.6. The van der Waals surface area contributed by atoms with Crippen LogP contribution in [0.1, 0.15) is 26.2 Å². The van der Waals surface area contributed by atoms with Gasteiger partial charge in [0.2, 0.25) is 11.8 Å². The number of carbonyl (C=O) groups excluding carboxylic acids is 2. The zero-order chi connectivity index (χ0) is 12.6. The van der Waals surface area contributed by atoms with E-state index < -0.39 is 5.97 Å². The topological polar surface area (TPSA) is 74.7 Å². The van der Waals surface area contributed by atoms with Crippen LogP contribution >= 0.6 is 0 Å². The number of hydrogen-bond donors (Lipinski definition) is 1. The Hall–Kier alpha value is -1.65. The Balaban J connectivity index is 2.10. The van der Waals surface area contributed by atoms with E-state index in [0.29, 0.717) is 5.57 Å². The molecule has 0 aromatic heterocycles. The summed E-state index contributed by atoms with van der Waals surface area (Å²) in [7, 11) is 0. The number of carbonyl (C=O) groups is 3. The Labute approximate surface area is 99.1 Å². The van der Waals surface area contributed by atoms with E-state index in [4.69, 9.17) is 5.11 Å². The lowest BCUT2D eigenvalue weighted by molar-refractivity contribution is -0.140. The molecule has 5 nitrogen and oxygen atoms in total. The van der Waals surface area contributed by atoms with Crippen LogP contribution in [0, 0.1) is 11.8 Å². The van der Waals surface area contributed by atoms with Crippen LogP contribution in [0.15, 0.2) is 11.6 Å². The summed E-state index contributed by atoms with van der Waals surface area (Å²) in [6.45, 7) is 1.72. The largest absolute Gasteiger partial charge is 0.478 e. The zero-order valence-electron chi connectivity index (χ0n) is 9.68. The normalized spacial score (nSPS) is 28.8. The van der Waals surface area contributed by atoms with Crippen LogP contribution in [0.5, 0.6) is 0 Å². The van der Waals surface area contributed by atoms with Crippen molar-refractivity contribution < 1.29 is 19.5 Å². The van der Waals surface area contributed by atoms with E-state index in [2.05, 4.69) is 0 Å². The van der Waals surface area contributed by atoms with Crippen molar-refractivity contribution in [2.24, 2.45) is 11.8 Å². The Morgan fingerprint density at radius 3 is 2.35 bits per heavy atom. The molecule has 2 aliphatic rings. The molecule has 2 amide bonds. The van der Waals surface area contributed by atoms with E-state index in [1.54, 1.807) is 6.92 Å². The van der Waals surface area contributed by atoms with E-state index in [9.17, 15) is 14.4 Å². The van der Waals surface area contributed by atoms with Crippen LogP contribution in [0.4, 0.5) is 0 Å². The number of amides is 2. The summed E-state index contributed by atoms with van der Waals surface area (Å²) in [6.07, 6.45) is 3.54. The molecule has 0 aromatic carbocycles. The molecule has 1 aliphatic carbocycles. The molecule has 0 aromatic rings. The third-order valence-corrected chi connectivity index (χ3v) is 3.46. The summed E-state index contributed by atoms with van der Waals surface area (Å²) in [6, 6.07) is 0. The molecular formula is C12H15NO4. The van der Waals surface area contributed by atoms with Crippen molar-refractivity contribution in [3.05, 3.63) is 11.6 Å². The molecule has 92 valence electrons. The Morgan fingerprint density at radius 2 is 1.88 bits per heavy atom. The van der Waals surface area contributed by atoms with E-state index in [1.807, 2.05) is 0 Å². The average Bonchev–Trinajstić information content (AvgIpc) is 2.77. The second-order valence-corrected chi connectivity index (χ2v) is 4.74. The maximum absolute atomic E-state index is 11.9. The van der Waals surface area contributed by atoms with Gasteiger partial charge in [0.05, 0.1) is 11.8 Å². The second kappa shape index (κ2) is 4.31. The monoisotopic (exact) mass is 237 g/mol. The molecule has 0 radical (unpaired) electrons. The lowest BCUT2D eigenvalue weighted by Crippen LogP contribution is -2.33. The van der Waals surface area contributed by atoms with Crippen LogP contribution in [0.2, 0.25) is 0 Å². The molecular weight excluding hydrogens is 222 g/mol. The van der Waals surface area contributed by atoms with Crippen LogP contribution in [-0.4, -0.2) is 34.3 Å². The fraction of sp³-hybridized carbons (Fsp3) is 0.583. The van der Waals surface area contributed by atoms with Gasteiger partial charge in [0, 0.05) is 12.6 Å². The maximum atomic E-state index is 11.9. The van der Waals surface area contributed by atoms with Gasteiger partial charge in [-0.1, -0.05) is 6.42 Å². The number of carboxylic acid groups (broad SMARTS) is 1. The first-order valence-corrected chi connectivity index (χ1v) is 5.76. The molecule has 2 fully saturated rings. The molecule has 1 saturated carbocycles. The van der Waals surface area contributed by atoms with Crippen molar-refractivity contribution in [2.75, 3.05) is 6.54 Å². The third-order valence-electron chi connectivity index (χ3n) is 3.46. The average molecular weight is 237 g/mol. The number of nitrogens with zero attached hydrogens (tertiary/aromatic N) is 1. The standard InChI is InChI=1S/C12H15NO4/c1-7(5-10(14)15)6-13-11(16)8-3-2-4-9(8)12(13)17/h5,8-9H,2-4,6H2,1H3,(H,14,15). The summed E-state index contributed by atoms with van der Waals surface area (Å²) in [5, 5.41) is 8.59. The minimum Gasteiger partial charge on any atom is -0.478 e. The first kappa shape index (κ1) is 11.8. The van der Waals surface area contributed by atoms with Gasteiger partial charge in [-0.05, 0) is 25.3 Å². The SMILES string of the molecule is CC(=CC(=O)O)CN1C(=O)C2CCCC2C1=O. The second-order valence-electron chi connectivity index (χ2n) is 4.74. The van der Waals surface area contributed by atoms with E-state index in [0.717, 1.165) is 25.3 Å². The minimum atomic E-state index is -1.05. The minimum absolute atomic E-state index is 0.108. The third kappa shape index (κ3) is 2.09. The lowest BCUT2D eigenvalue weighted by Gasteiger charge is -2.15. The maximum Gasteiger partial charge on any atom is 0.328 e. The Bertz CT molecular complexity index is 391. The summed E-state index contributed by atoms with van der Waals surface area (Å²) < 4.78 is 0. The van der Waals surface area contributed by atoms with Gasteiger partial charge in [-0.3, -0.25) is 14.5 Å². The first-order chi connectivity index (χ1) is 8.00. The van der Waals surface area contributed by atoms with E-state index >= 15 is 0 Å². The summed E-state index contributed by atoms with van der Waals surface area (Å²) >= 11 is 0. The van der Waals surface area contributed by atoms with Crippen LogP contribution in [-0.2, 0) is 14.4 Å². The van der Waals surface area contributed by atoms with Crippen molar-refractivity contribution in [3.8, 4) is 0 Å². The molecule has 1 saturated heterocycles. The van der Waals surface area contributed by atoms with Crippen LogP contribution in [0.25, 0.3) is 0 Å². The van der Waals surface area contributed by atoms with E-state index in [-0.39, 0.29) is 30.2 Å². The van der Waals surface area contributed by atoms with Gasteiger partial charge in [0.25, 0.3) is 0 Å². The number of aliphatic carboxylic acids is 1. The lowest BCUT2D eigenvalue weighted by atomic mass is 10.00. The van der Waals surface area contributed by atoms with Crippen molar-refractivity contribution in [3.63, 3.8) is 0 Å². The van der Waals surface area contributed by atoms with Gasteiger partial charge in [-0.15, -0.1) is 0 Å². The highest BCUT2D eigenvalue weighted by atomic mass is 16.4. The number of hydrogen-bond acceptors (Lipinski definition) is 3. The quantitative estimate of drug-likeness (QED) is 0.582. The van der Waals surface area contributed by atoms with Gasteiger partial charge >= 0.3 is 5.97 Å². The highest BCUT2D eigenvalue weighted by Crippen LogP contribution is 2.39. The zero-order valence-corrected chi connectivity index (χ0v) is 9.68. The van der Waals surface area contributed by atoms with Crippen molar-refractivity contribution >= 4 is 17.8 Å². The number of imide groups is 1. The smallest absolute Gasteiger partial charge is 0.328 e. The number of rotatable bonds is 3. The van der Waals surface area contributed by atoms with Crippen LogP contribution < -0.4 is 0 Å². The fourth-order valence-corrected chi connectivity index (χ4v) is 2.72. The molecule has 1 aliphatic heterocycles. The molecule has 2 atom stereocenters. The van der Waals surface area contributed by atoms with Crippen LogP contribution in [0.3, 0.4) is 0 Å². The first-order valence-electron chi connectivity index (χ1n) is 5.76. The molecule has 17 heavy (non-hydrogen) atoms. The predicted octanol–water partition coefficient (Wildman–Crippen LogP) is 0.802. The van der Waals surface area contributed by atoms with Gasteiger partial charge in [-0.2, -0.15) is 0 Å². The van der Waals surface area contributed by atoms with Gasteiger partial charge < -0.3 is 5.11 Å². The molecule has 5 heteroatoms. The molecule has 1 heterocycles. The Morgan fingerprint density at radius 1 is 1.35 bits per heavy atom. The predicted molar refractivity (Wildman–Crippen MR) is 58.9 cm³/mol. The summed E-state index contributed by atoms with van der Waals surface area (Å²) in [5.74, 6) is -1.62. The fourth-order valence-electron chi connectivity index (χ4n) is 2.72. The van der Waals surface area contributed by atoms with Gasteiger partial charge in [-0.25, -0.2) is 4.79 Å². The molecule has 2 unspecified atom stereocenters. The number of fused-ring (bicyclic) bond motifs is 1. The van der Waals surface area contributed by atoms with Crippen molar-refractivity contribution in [1.82, 2.24) is 4.90 Å². The molecule has 0 spiro atoms. The molecule has 1 N–H and O–H groups in total. The number of likely N-dealkylation sites (tertiary alicyclic amines) is 1. The Kier molecular flexibility index (Phi) is 3.00. The van der Waals surface area contributed by atoms with E-state index in [1.165, 1.54) is 4.90 Å². The highest BCUT2D eigenvalue weighted by molar-refractivity contribution is 6.05. The highest BCUT2D eigenvalue weighted by Gasteiger charge is 2.49.